The van der Waals surface area contributed by atoms with Crippen molar-refractivity contribution in [2.45, 2.75) is 26.3 Å². The maximum Gasteiger partial charge on any atom is 0.122 e. The zero-order valence-electron chi connectivity index (χ0n) is 12.6. The average molecular weight is 305 g/mol. The summed E-state index contributed by atoms with van der Waals surface area (Å²) in [6, 6.07) is 12.1. The number of methoxy groups -OCH3 is 1. The second-order valence-corrected chi connectivity index (χ2v) is 5.74. The number of nitrogens with one attached hydrogen (secondary N) is 1. The molecule has 0 spiro atoms. The summed E-state index contributed by atoms with van der Waals surface area (Å²) < 4.78 is 5.40. The molecule has 0 aliphatic rings. The SMILES string of the molecule is COc1ccc(Cl)cc1CC(NN)c1cc(C)cc(C)c1. The van der Waals surface area contributed by atoms with Gasteiger partial charge in [0, 0.05) is 5.02 Å². The van der Waals surface area contributed by atoms with E-state index in [9.17, 15) is 0 Å². The van der Waals surface area contributed by atoms with Crippen molar-refractivity contribution in [3.63, 3.8) is 0 Å². The quantitative estimate of drug-likeness (QED) is 0.654. The fourth-order valence-electron chi connectivity index (χ4n) is 2.61. The monoisotopic (exact) mass is 304 g/mol. The lowest BCUT2D eigenvalue weighted by atomic mass is 9.96. The van der Waals surface area contributed by atoms with Crippen molar-refractivity contribution in [1.29, 1.82) is 0 Å². The molecular weight excluding hydrogens is 284 g/mol. The predicted octanol–water partition coefficient (Wildman–Crippen LogP) is 3.71. The molecule has 2 rings (SSSR count). The second-order valence-electron chi connectivity index (χ2n) is 5.30. The molecular formula is C17H21ClN2O. The zero-order chi connectivity index (χ0) is 15.4. The Hall–Kier alpha value is -1.55. The molecule has 1 unspecified atom stereocenters. The first-order chi connectivity index (χ1) is 10.0. The van der Waals surface area contributed by atoms with Crippen LogP contribution < -0.4 is 16.0 Å². The van der Waals surface area contributed by atoms with E-state index in [1.54, 1.807) is 7.11 Å². The van der Waals surface area contributed by atoms with Gasteiger partial charge in [0.2, 0.25) is 0 Å². The molecule has 0 aliphatic heterocycles. The summed E-state index contributed by atoms with van der Waals surface area (Å²) in [4.78, 5) is 0. The van der Waals surface area contributed by atoms with Crippen molar-refractivity contribution in [2.24, 2.45) is 5.84 Å². The Morgan fingerprint density at radius 1 is 1.14 bits per heavy atom. The van der Waals surface area contributed by atoms with Crippen LogP contribution >= 0.6 is 11.6 Å². The number of hydrogen-bond acceptors (Lipinski definition) is 3. The fourth-order valence-corrected chi connectivity index (χ4v) is 2.81. The van der Waals surface area contributed by atoms with Crippen LogP contribution in [0.2, 0.25) is 5.02 Å². The highest BCUT2D eigenvalue weighted by Crippen LogP contribution is 2.28. The summed E-state index contributed by atoms with van der Waals surface area (Å²) in [5, 5.41) is 0.696. The summed E-state index contributed by atoms with van der Waals surface area (Å²) in [6.07, 6.45) is 0.711. The van der Waals surface area contributed by atoms with Crippen LogP contribution in [0.1, 0.15) is 28.3 Å². The molecule has 0 heterocycles. The van der Waals surface area contributed by atoms with Gasteiger partial charge < -0.3 is 4.74 Å². The molecule has 1 atom stereocenters. The van der Waals surface area contributed by atoms with Crippen molar-refractivity contribution in [3.05, 3.63) is 63.7 Å². The van der Waals surface area contributed by atoms with E-state index in [-0.39, 0.29) is 6.04 Å². The van der Waals surface area contributed by atoms with E-state index in [1.807, 2.05) is 18.2 Å². The Kier molecular flexibility index (Phi) is 5.23. The smallest absolute Gasteiger partial charge is 0.122 e. The number of halogens is 1. The van der Waals surface area contributed by atoms with Crippen molar-refractivity contribution in [3.8, 4) is 5.75 Å². The van der Waals surface area contributed by atoms with Crippen LogP contribution in [0, 0.1) is 13.8 Å². The second kappa shape index (κ2) is 6.94. The zero-order valence-corrected chi connectivity index (χ0v) is 13.4. The van der Waals surface area contributed by atoms with Gasteiger partial charge in [0.1, 0.15) is 5.75 Å². The number of nitrogens with two attached hydrogens (primary N) is 1. The van der Waals surface area contributed by atoms with Crippen LogP contribution in [-0.4, -0.2) is 7.11 Å². The summed E-state index contributed by atoms with van der Waals surface area (Å²) in [6.45, 7) is 4.17. The van der Waals surface area contributed by atoms with Crippen LogP contribution in [0.15, 0.2) is 36.4 Å². The maximum atomic E-state index is 6.09. The highest BCUT2D eigenvalue weighted by Gasteiger charge is 2.14. The maximum absolute atomic E-state index is 6.09. The molecule has 3 N–H and O–H groups in total. The minimum Gasteiger partial charge on any atom is -0.496 e. The number of hydrogen-bond donors (Lipinski definition) is 2. The third-order valence-corrected chi connectivity index (χ3v) is 3.75. The molecule has 0 saturated heterocycles. The summed E-state index contributed by atoms with van der Waals surface area (Å²) in [5.74, 6) is 6.58. The standard InChI is InChI=1S/C17H21ClN2O/c1-11-6-12(2)8-13(7-11)16(20-19)10-14-9-15(18)4-5-17(14)21-3/h4-9,16,20H,10,19H2,1-3H3. The number of ether oxygens (including phenoxy) is 1. The first-order valence-corrected chi connectivity index (χ1v) is 7.28. The Labute approximate surface area is 131 Å². The number of hydrazine groups is 1. The van der Waals surface area contributed by atoms with Gasteiger partial charge in [-0.3, -0.25) is 11.3 Å². The largest absolute Gasteiger partial charge is 0.496 e. The van der Waals surface area contributed by atoms with Crippen LogP contribution in [0.5, 0.6) is 5.75 Å². The summed E-state index contributed by atoms with van der Waals surface area (Å²) >= 11 is 6.09. The third-order valence-electron chi connectivity index (χ3n) is 3.51. The first-order valence-electron chi connectivity index (χ1n) is 6.90. The molecule has 0 aliphatic carbocycles. The Morgan fingerprint density at radius 2 is 1.81 bits per heavy atom. The number of benzene rings is 2. The molecule has 4 heteroatoms. The van der Waals surface area contributed by atoms with E-state index in [1.165, 1.54) is 11.1 Å². The normalized spacial score (nSPS) is 12.2. The van der Waals surface area contributed by atoms with Crippen LogP contribution in [0.3, 0.4) is 0 Å². The molecule has 21 heavy (non-hydrogen) atoms. The van der Waals surface area contributed by atoms with Gasteiger partial charge in [-0.1, -0.05) is 40.9 Å². The lowest BCUT2D eigenvalue weighted by molar-refractivity contribution is 0.405. The summed E-state index contributed by atoms with van der Waals surface area (Å²) in [7, 11) is 1.66. The van der Waals surface area contributed by atoms with Gasteiger partial charge in [-0.15, -0.1) is 0 Å². The van der Waals surface area contributed by atoms with Gasteiger partial charge in [0.25, 0.3) is 0 Å². The van der Waals surface area contributed by atoms with Gasteiger partial charge in [-0.05, 0) is 49.6 Å². The van der Waals surface area contributed by atoms with Gasteiger partial charge in [-0.2, -0.15) is 0 Å². The first kappa shape index (κ1) is 15.8. The van der Waals surface area contributed by atoms with E-state index in [2.05, 4.69) is 37.5 Å². The summed E-state index contributed by atoms with van der Waals surface area (Å²) in [5.41, 5.74) is 7.54. The van der Waals surface area contributed by atoms with E-state index in [4.69, 9.17) is 22.2 Å². The fraction of sp³-hybridized carbons (Fsp3) is 0.294. The van der Waals surface area contributed by atoms with E-state index < -0.39 is 0 Å². The van der Waals surface area contributed by atoms with Crippen LogP contribution in [-0.2, 0) is 6.42 Å². The molecule has 0 aromatic heterocycles. The molecule has 0 saturated carbocycles. The van der Waals surface area contributed by atoms with Crippen molar-refractivity contribution in [2.75, 3.05) is 7.11 Å². The highest BCUT2D eigenvalue weighted by molar-refractivity contribution is 6.30. The van der Waals surface area contributed by atoms with Gasteiger partial charge in [0.15, 0.2) is 0 Å². The average Bonchev–Trinajstić information content (AvgIpc) is 2.43. The molecule has 0 amide bonds. The minimum absolute atomic E-state index is 0.0102. The Morgan fingerprint density at radius 3 is 2.38 bits per heavy atom. The number of aryl methyl sites for hydroxylation is 2. The molecule has 112 valence electrons. The van der Waals surface area contributed by atoms with Crippen molar-refractivity contribution >= 4 is 11.6 Å². The predicted molar refractivity (Wildman–Crippen MR) is 87.7 cm³/mol. The molecule has 3 nitrogen and oxygen atoms in total. The van der Waals surface area contributed by atoms with Crippen LogP contribution in [0.25, 0.3) is 0 Å². The van der Waals surface area contributed by atoms with Crippen molar-refractivity contribution < 1.29 is 4.74 Å². The lowest BCUT2D eigenvalue weighted by Crippen LogP contribution is -2.29. The Balaban J connectivity index is 2.32. The third kappa shape index (κ3) is 3.97. The Bertz CT molecular complexity index is 608. The van der Waals surface area contributed by atoms with Gasteiger partial charge >= 0.3 is 0 Å². The van der Waals surface area contributed by atoms with E-state index in [0.717, 1.165) is 16.9 Å². The minimum atomic E-state index is 0.0102. The van der Waals surface area contributed by atoms with E-state index in [0.29, 0.717) is 11.4 Å². The molecule has 0 radical (unpaired) electrons. The van der Waals surface area contributed by atoms with Gasteiger partial charge in [0.05, 0.1) is 13.2 Å². The molecule has 0 fully saturated rings. The van der Waals surface area contributed by atoms with Crippen molar-refractivity contribution in [1.82, 2.24) is 5.43 Å². The molecule has 0 bridgehead atoms. The lowest BCUT2D eigenvalue weighted by Gasteiger charge is -2.19. The highest BCUT2D eigenvalue weighted by atomic mass is 35.5. The van der Waals surface area contributed by atoms with E-state index >= 15 is 0 Å². The number of rotatable bonds is 5. The van der Waals surface area contributed by atoms with Gasteiger partial charge in [-0.25, -0.2) is 0 Å². The topological polar surface area (TPSA) is 47.3 Å². The molecule has 2 aromatic rings. The van der Waals surface area contributed by atoms with Crippen LogP contribution in [0.4, 0.5) is 0 Å². The molecule has 2 aromatic carbocycles.